The number of hydrogen-bond acceptors (Lipinski definition) is 6. The SMILES string of the molecule is CN1CCN(c2ccc(-c3cc4c(c(N5CCC(N)C5)n3)C(=O)[N-]4)cc2)CC1.C[N-]C.[U+2]. The molecule has 9 heteroatoms. The van der Waals surface area contributed by atoms with Crippen molar-refractivity contribution in [3.05, 3.63) is 46.5 Å². The third kappa shape index (κ3) is 5.29. The second-order valence-corrected chi connectivity index (χ2v) is 8.42. The Morgan fingerprint density at radius 2 is 1.72 bits per heavy atom. The van der Waals surface area contributed by atoms with E-state index in [0.29, 0.717) is 5.56 Å². The Kier molecular flexibility index (Phi) is 8.59. The van der Waals surface area contributed by atoms with Crippen LogP contribution in [0.3, 0.4) is 0 Å². The number of pyridine rings is 1. The van der Waals surface area contributed by atoms with E-state index in [1.807, 2.05) is 6.07 Å². The molecule has 168 valence electrons. The van der Waals surface area contributed by atoms with E-state index in [4.69, 9.17) is 10.7 Å². The van der Waals surface area contributed by atoms with Crippen LogP contribution in [0.25, 0.3) is 21.9 Å². The number of benzene rings is 1. The Hall–Kier alpha value is -1.63. The first-order chi connectivity index (χ1) is 15.0. The molecule has 8 nitrogen and oxygen atoms in total. The number of aromatic nitrogens is 1. The fourth-order valence-corrected chi connectivity index (χ4v) is 4.19. The van der Waals surface area contributed by atoms with Crippen LogP contribution in [-0.4, -0.2) is 82.2 Å². The summed E-state index contributed by atoms with van der Waals surface area (Å²) >= 11 is 0. The molecule has 2 fully saturated rings. The molecule has 0 aliphatic carbocycles. The number of nitrogens with two attached hydrogens (primary N) is 1. The minimum Gasteiger partial charge on any atom is -0.668 e. The van der Waals surface area contributed by atoms with Crippen LogP contribution in [0.15, 0.2) is 30.3 Å². The van der Waals surface area contributed by atoms with Gasteiger partial charge in [0.2, 0.25) is 0 Å². The molecule has 1 atom stereocenters. The summed E-state index contributed by atoms with van der Waals surface area (Å²) in [4.78, 5) is 23.7. The van der Waals surface area contributed by atoms with Crippen molar-refractivity contribution in [2.24, 2.45) is 5.73 Å². The summed E-state index contributed by atoms with van der Waals surface area (Å²) in [5, 5.41) is 7.57. The number of likely N-dealkylation sites (N-methyl/N-ethyl adjacent to an activating group) is 1. The van der Waals surface area contributed by atoms with Gasteiger partial charge < -0.3 is 35.9 Å². The Morgan fingerprint density at radius 1 is 1.06 bits per heavy atom. The van der Waals surface area contributed by atoms with Gasteiger partial charge in [-0.1, -0.05) is 12.1 Å². The fraction of sp³-hybridized carbons (Fsp3) is 0.478. The van der Waals surface area contributed by atoms with Crippen molar-refractivity contribution >= 4 is 23.1 Å². The second kappa shape index (κ2) is 11.0. The van der Waals surface area contributed by atoms with Crippen LogP contribution < -0.4 is 15.5 Å². The standard InChI is InChI=1S/C21H26N6O.C2H6N.U/c1-25-8-10-26(11-9-25)16-4-2-14(3-5-16)17-12-18-19(21(28)24-18)20(23-17)27-7-6-15(22)13-27;1-3-2;/h2-5,12,15H,6-11,13,22H2,1H3,(H,23,24,28);1-2H3;/q;-1;+2/p-1. The van der Waals surface area contributed by atoms with Gasteiger partial charge in [0.1, 0.15) is 5.82 Å². The largest absolute Gasteiger partial charge is 2.00 e. The summed E-state index contributed by atoms with van der Waals surface area (Å²) in [6.07, 6.45) is 0.922. The van der Waals surface area contributed by atoms with E-state index in [2.05, 4.69) is 56.6 Å². The molecule has 2 aromatic rings. The normalized spacial score (nSPS) is 19.9. The van der Waals surface area contributed by atoms with Gasteiger partial charge in [0.25, 0.3) is 0 Å². The number of hydrogen-bond donors (Lipinski definition) is 1. The minimum absolute atomic E-state index is 0. The van der Waals surface area contributed by atoms with Crippen molar-refractivity contribution in [3.8, 4) is 11.3 Å². The topological polar surface area (TPSA) is 93.9 Å². The van der Waals surface area contributed by atoms with Crippen LogP contribution in [0.5, 0.6) is 0 Å². The molecule has 0 radical (unpaired) electrons. The number of rotatable bonds is 3. The molecule has 1 unspecified atom stereocenters. The number of carbonyl (C=O) groups is 1. The van der Waals surface area contributed by atoms with Gasteiger partial charge in [-0.25, -0.2) is 4.98 Å². The molecular formula is C23H31N7OU. The smallest absolute Gasteiger partial charge is 0.668 e. The first-order valence-corrected chi connectivity index (χ1v) is 10.8. The average Bonchev–Trinajstić information content (AvgIpc) is 3.20. The van der Waals surface area contributed by atoms with Gasteiger partial charge in [-0.15, -0.1) is 5.69 Å². The first kappa shape index (κ1) is 25.0. The van der Waals surface area contributed by atoms with E-state index in [0.717, 1.165) is 68.5 Å². The fourth-order valence-electron chi connectivity index (χ4n) is 4.19. The predicted octanol–water partition coefficient (Wildman–Crippen LogP) is 2.82. The second-order valence-electron chi connectivity index (χ2n) is 8.42. The quantitative estimate of drug-likeness (QED) is 0.545. The van der Waals surface area contributed by atoms with Gasteiger partial charge in [0, 0.05) is 62.1 Å². The maximum atomic E-state index is 12.0. The van der Waals surface area contributed by atoms with Crippen molar-refractivity contribution in [1.82, 2.24) is 9.88 Å². The van der Waals surface area contributed by atoms with Gasteiger partial charge in [-0.05, 0) is 31.7 Å². The number of nitrogens with zero attached hydrogens (tertiary/aromatic N) is 6. The van der Waals surface area contributed by atoms with Crippen LogP contribution >= 0.6 is 0 Å². The number of amides is 1. The van der Waals surface area contributed by atoms with Crippen LogP contribution in [0.1, 0.15) is 16.8 Å². The molecule has 32 heavy (non-hydrogen) atoms. The van der Waals surface area contributed by atoms with E-state index >= 15 is 0 Å². The van der Waals surface area contributed by atoms with Crippen LogP contribution in [-0.2, 0) is 0 Å². The van der Waals surface area contributed by atoms with E-state index in [1.54, 1.807) is 14.1 Å². The van der Waals surface area contributed by atoms with E-state index in [9.17, 15) is 4.79 Å². The van der Waals surface area contributed by atoms with Crippen molar-refractivity contribution in [2.75, 3.05) is 70.2 Å². The summed E-state index contributed by atoms with van der Waals surface area (Å²) in [5.41, 5.74) is 10.6. The van der Waals surface area contributed by atoms with Gasteiger partial charge in [-0.2, -0.15) is 14.1 Å². The average molecular weight is 660 g/mol. The zero-order chi connectivity index (χ0) is 22.0. The van der Waals surface area contributed by atoms with E-state index < -0.39 is 0 Å². The Morgan fingerprint density at radius 3 is 2.28 bits per heavy atom. The molecule has 3 aliphatic rings. The van der Waals surface area contributed by atoms with Crippen LogP contribution in [0.2, 0.25) is 0 Å². The Balaban J connectivity index is 0.000000686. The zero-order valence-corrected chi connectivity index (χ0v) is 23.2. The monoisotopic (exact) mass is 659 g/mol. The maximum Gasteiger partial charge on any atom is 2.00 e. The predicted molar refractivity (Wildman–Crippen MR) is 127 cm³/mol. The Labute approximate surface area is 214 Å². The molecular weight excluding hydrogens is 628 g/mol. The van der Waals surface area contributed by atoms with E-state index in [-0.39, 0.29) is 43.1 Å². The third-order valence-electron chi connectivity index (χ3n) is 5.97. The number of fused-ring (bicyclic) bond motifs is 1. The molecule has 5 rings (SSSR count). The number of anilines is 2. The molecule has 2 N–H and O–H groups in total. The number of carbonyl (C=O) groups excluding carboxylic acids is 1. The summed E-state index contributed by atoms with van der Waals surface area (Å²) in [7, 11) is 5.66. The zero-order valence-electron chi connectivity index (χ0n) is 19.1. The molecule has 1 amide bonds. The summed E-state index contributed by atoms with van der Waals surface area (Å²) < 4.78 is 0. The van der Waals surface area contributed by atoms with E-state index in [1.165, 1.54) is 5.69 Å². The summed E-state index contributed by atoms with van der Waals surface area (Å²) in [6.45, 7) is 5.84. The maximum absolute atomic E-state index is 12.0. The van der Waals surface area contributed by atoms with Crippen molar-refractivity contribution in [1.29, 1.82) is 0 Å². The molecule has 0 bridgehead atoms. The van der Waals surface area contributed by atoms with Gasteiger partial charge in [0.05, 0.1) is 11.6 Å². The van der Waals surface area contributed by atoms with Crippen LogP contribution in [0, 0.1) is 31.1 Å². The molecule has 2 saturated heterocycles. The number of piperazine rings is 1. The van der Waals surface area contributed by atoms with Gasteiger partial charge >= 0.3 is 31.1 Å². The summed E-state index contributed by atoms with van der Waals surface area (Å²) in [6, 6.07) is 10.6. The molecule has 1 aromatic carbocycles. The van der Waals surface area contributed by atoms with Crippen molar-refractivity contribution < 1.29 is 35.9 Å². The molecule has 4 heterocycles. The Bertz CT molecular complexity index is 929. The molecule has 0 spiro atoms. The van der Waals surface area contributed by atoms with Crippen LogP contribution in [0.4, 0.5) is 17.2 Å². The summed E-state index contributed by atoms with van der Waals surface area (Å²) in [5.74, 6) is 0.568. The first-order valence-electron chi connectivity index (χ1n) is 10.8. The third-order valence-corrected chi connectivity index (χ3v) is 5.97. The molecule has 1 aromatic heterocycles. The van der Waals surface area contributed by atoms with Gasteiger partial charge in [0.15, 0.2) is 0 Å². The molecule has 0 saturated carbocycles. The molecule has 3 aliphatic heterocycles. The van der Waals surface area contributed by atoms with Crippen molar-refractivity contribution in [2.45, 2.75) is 12.5 Å². The minimum atomic E-state index is -0.171. The van der Waals surface area contributed by atoms with Gasteiger partial charge in [-0.3, -0.25) is 0 Å². The van der Waals surface area contributed by atoms with Crippen molar-refractivity contribution in [3.63, 3.8) is 0 Å².